The first kappa shape index (κ1) is 15.4. The summed E-state index contributed by atoms with van der Waals surface area (Å²) in [6.45, 7) is 1.99. The number of Topliss-reactive ketones (excluding diaryl/α,β-unsaturated/α-hetero) is 1. The van der Waals surface area contributed by atoms with Crippen LogP contribution in [0.25, 0.3) is 0 Å². The van der Waals surface area contributed by atoms with Crippen molar-refractivity contribution in [2.24, 2.45) is 0 Å². The molecule has 1 N–H and O–H groups in total. The molecule has 4 nitrogen and oxygen atoms in total. The molecular formula is C12H18O4S2. The van der Waals surface area contributed by atoms with E-state index in [1.165, 1.54) is 11.8 Å². The van der Waals surface area contributed by atoms with E-state index < -0.39 is 12.1 Å². The van der Waals surface area contributed by atoms with Crippen LogP contribution in [0.5, 0.6) is 0 Å². The topological polar surface area (TPSA) is 63.6 Å². The van der Waals surface area contributed by atoms with Crippen LogP contribution in [0.3, 0.4) is 0 Å². The number of hydrogen-bond donors (Lipinski definition) is 1. The van der Waals surface area contributed by atoms with Crippen molar-refractivity contribution in [2.45, 2.75) is 31.1 Å². The van der Waals surface area contributed by atoms with Gasteiger partial charge in [0.25, 0.3) is 0 Å². The van der Waals surface area contributed by atoms with Gasteiger partial charge in [0.2, 0.25) is 0 Å². The van der Waals surface area contributed by atoms with Crippen molar-refractivity contribution in [3.63, 3.8) is 0 Å². The zero-order valence-corrected chi connectivity index (χ0v) is 12.4. The van der Waals surface area contributed by atoms with Gasteiger partial charge in [-0.05, 0) is 12.5 Å². The summed E-state index contributed by atoms with van der Waals surface area (Å²) < 4.78 is 5.06. The summed E-state index contributed by atoms with van der Waals surface area (Å²) in [6, 6.07) is 0. The number of hydrogen-bond acceptors (Lipinski definition) is 6. The lowest BCUT2D eigenvalue weighted by atomic mass is 10.1. The van der Waals surface area contributed by atoms with Crippen LogP contribution in [0.15, 0.2) is 11.3 Å². The molecule has 0 radical (unpaired) electrons. The number of ether oxygens (including phenoxy) is 1. The molecule has 1 rings (SSSR count). The Kier molecular flexibility index (Phi) is 6.08. The van der Waals surface area contributed by atoms with Crippen LogP contribution in [0.2, 0.25) is 0 Å². The number of aliphatic hydroxyl groups excluding tert-OH is 1. The number of aliphatic hydroxyl groups is 1. The Morgan fingerprint density at radius 3 is 2.72 bits per heavy atom. The third-order valence-corrected chi connectivity index (χ3v) is 4.38. The lowest BCUT2D eigenvalue weighted by molar-refractivity contribution is -0.141. The third kappa shape index (κ3) is 3.68. The Bertz CT molecular complexity index is 365. The van der Waals surface area contributed by atoms with Crippen molar-refractivity contribution in [1.29, 1.82) is 0 Å². The van der Waals surface area contributed by atoms with E-state index in [2.05, 4.69) is 0 Å². The molecule has 0 spiro atoms. The highest BCUT2D eigenvalue weighted by Gasteiger charge is 2.38. The fourth-order valence-corrected chi connectivity index (χ4v) is 2.40. The Balaban J connectivity index is 2.75. The molecule has 18 heavy (non-hydrogen) atoms. The van der Waals surface area contributed by atoms with Crippen molar-refractivity contribution >= 4 is 35.3 Å². The van der Waals surface area contributed by atoms with Crippen molar-refractivity contribution < 1.29 is 19.4 Å². The standard InChI is InChI=1S/C12H18O4S2/c1-7(18-3)6-9-11(14)10(12(15)16-9)8(13)4-5-17-2/h7,9,14H,4-6H2,1-3H3. The molecule has 0 bridgehead atoms. The molecule has 0 aliphatic carbocycles. The molecule has 2 unspecified atom stereocenters. The van der Waals surface area contributed by atoms with Gasteiger partial charge in [-0.15, -0.1) is 0 Å². The number of ketones is 1. The van der Waals surface area contributed by atoms with Crippen LogP contribution in [0.4, 0.5) is 0 Å². The highest BCUT2D eigenvalue weighted by Crippen LogP contribution is 2.28. The average Bonchev–Trinajstić information content (AvgIpc) is 2.61. The molecule has 102 valence electrons. The van der Waals surface area contributed by atoms with Crippen LogP contribution in [0.1, 0.15) is 19.8 Å². The van der Waals surface area contributed by atoms with E-state index in [0.29, 0.717) is 12.2 Å². The van der Waals surface area contributed by atoms with E-state index in [4.69, 9.17) is 4.74 Å². The Hall–Kier alpha value is -0.620. The Morgan fingerprint density at radius 1 is 1.50 bits per heavy atom. The molecule has 6 heteroatoms. The number of thioether (sulfide) groups is 2. The molecule has 0 saturated carbocycles. The van der Waals surface area contributed by atoms with Crippen molar-refractivity contribution in [3.05, 3.63) is 11.3 Å². The number of esters is 1. The second kappa shape index (κ2) is 7.09. The molecule has 0 saturated heterocycles. The molecule has 1 aliphatic rings. The predicted molar refractivity (Wildman–Crippen MR) is 75.1 cm³/mol. The van der Waals surface area contributed by atoms with Gasteiger partial charge in [-0.2, -0.15) is 23.5 Å². The monoisotopic (exact) mass is 290 g/mol. The van der Waals surface area contributed by atoms with Gasteiger partial charge in [0.1, 0.15) is 5.57 Å². The summed E-state index contributed by atoms with van der Waals surface area (Å²) in [7, 11) is 0. The number of carbonyl (C=O) groups excluding carboxylic acids is 2. The lowest BCUT2D eigenvalue weighted by Crippen LogP contribution is -2.16. The zero-order chi connectivity index (χ0) is 13.7. The minimum absolute atomic E-state index is 0.151. The van der Waals surface area contributed by atoms with E-state index in [1.54, 1.807) is 11.8 Å². The molecule has 0 fully saturated rings. The maximum atomic E-state index is 11.8. The van der Waals surface area contributed by atoms with E-state index in [1.807, 2.05) is 19.4 Å². The van der Waals surface area contributed by atoms with Gasteiger partial charge in [-0.3, -0.25) is 4.79 Å². The first-order valence-electron chi connectivity index (χ1n) is 5.70. The number of cyclic esters (lactones) is 1. The van der Waals surface area contributed by atoms with Crippen LogP contribution in [0, 0.1) is 0 Å². The van der Waals surface area contributed by atoms with Gasteiger partial charge >= 0.3 is 5.97 Å². The molecule has 0 aromatic carbocycles. The summed E-state index contributed by atoms with van der Waals surface area (Å²) in [5.74, 6) is -0.565. The molecule has 0 aromatic rings. The van der Waals surface area contributed by atoms with E-state index in [9.17, 15) is 14.7 Å². The second-order valence-corrected chi connectivity index (χ2v) is 6.36. The van der Waals surface area contributed by atoms with Gasteiger partial charge < -0.3 is 9.84 Å². The van der Waals surface area contributed by atoms with Crippen LogP contribution in [-0.2, 0) is 14.3 Å². The lowest BCUT2D eigenvalue weighted by Gasteiger charge is -2.13. The summed E-state index contributed by atoms with van der Waals surface area (Å²) in [6.07, 6.45) is 3.95. The fraction of sp³-hybridized carbons (Fsp3) is 0.667. The zero-order valence-electron chi connectivity index (χ0n) is 10.8. The first-order chi connectivity index (χ1) is 8.51. The number of rotatable bonds is 7. The smallest absolute Gasteiger partial charge is 0.346 e. The summed E-state index contributed by atoms with van der Waals surface area (Å²) in [5.41, 5.74) is -0.151. The van der Waals surface area contributed by atoms with E-state index >= 15 is 0 Å². The molecule has 1 aliphatic heterocycles. The third-order valence-electron chi connectivity index (χ3n) is 2.78. The Morgan fingerprint density at radius 2 is 2.17 bits per heavy atom. The van der Waals surface area contributed by atoms with E-state index in [-0.39, 0.29) is 28.8 Å². The fourth-order valence-electron chi connectivity index (χ4n) is 1.64. The van der Waals surface area contributed by atoms with Crippen LogP contribution >= 0.6 is 23.5 Å². The molecule has 2 atom stereocenters. The highest BCUT2D eigenvalue weighted by atomic mass is 32.2. The van der Waals surface area contributed by atoms with Crippen molar-refractivity contribution in [1.82, 2.24) is 0 Å². The van der Waals surface area contributed by atoms with Gasteiger partial charge in [0, 0.05) is 23.8 Å². The minimum atomic E-state index is -0.683. The van der Waals surface area contributed by atoms with Gasteiger partial charge in [-0.25, -0.2) is 4.79 Å². The van der Waals surface area contributed by atoms with Crippen molar-refractivity contribution in [3.8, 4) is 0 Å². The van der Waals surface area contributed by atoms with Crippen LogP contribution < -0.4 is 0 Å². The molecular weight excluding hydrogens is 272 g/mol. The molecule has 0 aromatic heterocycles. The molecule has 0 amide bonds. The summed E-state index contributed by atoms with van der Waals surface area (Å²) in [5, 5.41) is 10.2. The van der Waals surface area contributed by atoms with Gasteiger partial charge in [0.15, 0.2) is 17.6 Å². The first-order valence-corrected chi connectivity index (χ1v) is 8.38. The van der Waals surface area contributed by atoms with Crippen molar-refractivity contribution in [2.75, 3.05) is 18.3 Å². The van der Waals surface area contributed by atoms with Gasteiger partial charge in [-0.1, -0.05) is 6.92 Å². The normalized spacial score (nSPS) is 21.1. The SMILES string of the molecule is CSCCC(=O)C1=C(O)C(CC(C)SC)OC1=O. The number of carbonyl (C=O) groups is 2. The Labute approximate surface area is 116 Å². The van der Waals surface area contributed by atoms with E-state index in [0.717, 1.165) is 0 Å². The highest BCUT2D eigenvalue weighted by molar-refractivity contribution is 7.99. The summed E-state index contributed by atoms with van der Waals surface area (Å²) in [4.78, 5) is 23.4. The van der Waals surface area contributed by atoms with Gasteiger partial charge in [0.05, 0.1) is 0 Å². The maximum Gasteiger partial charge on any atom is 0.346 e. The minimum Gasteiger partial charge on any atom is -0.507 e. The average molecular weight is 290 g/mol. The second-order valence-electron chi connectivity index (χ2n) is 4.10. The molecule has 1 heterocycles. The summed E-state index contributed by atoms with van der Waals surface area (Å²) >= 11 is 3.15. The predicted octanol–water partition coefficient (Wildman–Crippen LogP) is 2.19. The largest absolute Gasteiger partial charge is 0.507 e. The maximum absolute atomic E-state index is 11.8. The quantitative estimate of drug-likeness (QED) is 0.573. The van der Waals surface area contributed by atoms with Crippen LogP contribution in [-0.4, -0.2) is 46.5 Å².